The quantitative estimate of drug-likeness (QED) is 0.511. The molecular weight excluding hydrogens is 364 g/mol. The van der Waals surface area contributed by atoms with E-state index in [4.69, 9.17) is 20.8 Å². The van der Waals surface area contributed by atoms with Gasteiger partial charge in [-0.2, -0.15) is 0 Å². The largest absolute Gasteiger partial charge is 0.486 e. The number of nitrogens with one attached hydrogen (secondary N) is 1. The lowest BCUT2D eigenvalue weighted by atomic mass is 10.1. The van der Waals surface area contributed by atoms with E-state index in [2.05, 4.69) is 10.3 Å². The third-order valence-corrected chi connectivity index (χ3v) is 4.18. The molecule has 2 aromatic carbocycles. The second kappa shape index (κ2) is 7.51. The van der Waals surface area contributed by atoms with Crippen LogP contribution in [0.15, 0.2) is 77.3 Å². The molecule has 5 nitrogen and oxygen atoms in total. The lowest BCUT2D eigenvalue weighted by molar-refractivity contribution is 0.0992. The third-order valence-electron chi connectivity index (χ3n) is 3.96. The van der Waals surface area contributed by atoms with Gasteiger partial charge in [-0.25, -0.2) is 4.98 Å². The number of hydrogen-bond acceptors (Lipinski definition) is 4. The Morgan fingerprint density at radius 3 is 2.70 bits per heavy atom. The van der Waals surface area contributed by atoms with Crippen molar-refractivity contribution in [3.05, 3.63) is 89.5 Å². The zero-order valence-electron chi connectivity index (χ0n) is 14.2. The van der Waals surface area contributed by atoms with Crippen LogP contribution in [-0.4, -0.2) is 10.9 Å². The Labute approximate surface area is 160 Å². The summed E-state index contributed by atoms with van der Waals surface area (Å²) in [7, 11) is 0. The molecule has 6 heteroatoms. The number of halogens is 1. The maximum atomic E-state index is 12.2. The van der Waals surface area contributed by atoms with Crippen molar-refractivity contribution in [2.24, 2.45) is 0 Å². The van der Waals surface area contributed by atoms with E-state index in [0.717, 1.165) is 16.5 Å². The highest BCUT2D eigenvalue weighted by Gasteiger charge is 2.12. The zero-order chi connectivity index (χ0) is 18.6. The Morgan fingerprint density at radius 1 is 1.04 bits per heavy atom. The molecular formula is C21H15ClN2O3. The zero-order valence-corrected chi connectivity index (χ0v) is 14.9. The Balaban J connectivity index is 1.39. The van der Waals surface area contributed by atoms with Gasteiger partial charge in [0.05, 0.1) is 5.02 Å². The first-order chi connectivity index (χ1) is 13.2. The van der Waals surface area contributed by atoms with Crippen LogP contribution in [0.5, 0.6) is 5.75 Å². The number of aromatic nitrogens is 1. The van der Waals surface area contributed by atoms with Gasteiger partial charge in [0.15, 0.2) is 5.76 Å². The number of benzene rings is 2. The van der Waals surface area contributed by atoms with E-state index in [1.165, 1.54) is 6.20 Å². The summed E-state index contributed by atoms with van der Waals surface area (Å²) in [5.41, 5.74) is 0. The van der Waals surface area contributed by atoms with E-state index in [9.17, 15) is 4.79 Å². The molecule has 2 heterocycles. The van der Waals surface area contributed by atoms with E-state index in [-0.39, 0.29) is 18.3 Å². The van der Waals surface area contributed by atoms with Crippen LogP contribution in [0.25, 0.3) is 10.8 Å². The maximum absolute atomic E-state index is 12.2. The number of fused-ring (bicyclic) bond motifs is 1. The average Bonchev–Trinajstić information content (AvgIpc) is 3.17. The molecule has 27 heavy (non-hydrogen) atoms. The molecule has 4 aromatic rings. The number of amides is 1. The molecule has 0 atom stereocenters. The molecule has 2 aromatic heterocycles. The highest BCUT2D eigenvalue weighted by molar-refractivity contribution is 6.30. The Hall–Kier alpha value is -3.31. The van der Waals surface area contributed by atoms with Crippen LogP contribution in [0.1, 0.15) is 16.3 Å². The van der Waals surface area contributed by atoms with Gasteiger partial charge in [0, 0.05) is 6.20 Å². The number of hydrogen-bond donors (Lipinski definition) is 1. The first kappa shape index (κ1) is 17.1. The molecule has 0 radical (unpaired) electrons. The highest BCUT2D eigenvalue weighted by atomic mass is 35.5. The molecule has 0 spiro atoms. The van der Waals surface area contributed by atoms with Crippen molar-refractivity contribution in [2.45, 2.75) is 6.61 Å². The fraction of sp³-hybridized carbons (Fsp3) is 0.0476. The Bertz CT molecular complexity index is 1090. The van der Waals surface area contributed by atoms with Crippen molar-refractivity contribution in [1.29, 1.82) is 0 Å². The van der Waals surface area contributed by atoms with E-state index >= 15 is 0 Å². The molecule has 0 saturated heterocycles. The fourth-order valence-corrected chi connectivity index (χ4v) is 2.73. The molecule has 134 valence electrons. The van der Waals surface area contributed by atoms with Gasteiger partial charge >= 0.3 is 0 Å². The van der Waals surface area contributed by atoms with Gasteiger partial charge in [-0.05, 0) is 47.2 Å². The van der Waals surface area contributed by atoms with E-state index in [1.807, 2.05) is 42.5 Å². The van der Waals surface area contributed by atoms with Crippen LogP contribution in [-0.2, 0) is 6.61 Å². The van der Waals surface area contributed by atoms with Crippen molar-refractivity contribution in [3.8, 4) is 5.75 Å². The number of rotatable bonds is 5. The molecule has 1 N–H and O–H groups in total. The summed E-state index contributed by atoms with van der Waals surface area (Å²) in [6.45, 7) is 0.227. The van der Waals surface area contributed by atoms with Crippen LogP contribution >= 0.6 is 11.6 Å². The lowest BCUT2D eigenvalue weighted by Gasteiger charge is -2.06. The number of carbonyl (C=O) groups is 1. The molecule has 0 aliphatic heterocycles. The van der Waals surface area contributed by atoms with Gasteiger partial charge in [-0.15, -0.1) is 0 Å². The number of pyridine rings is 1. The minimum atomic E-state index is -0.387. The normalized spacial score (nSPS) is 10.7. The van der Waals surface area contributed by atoms with Gasteiger partial charge < -0.3 is 14.5 Å². The van der Waals surface area contributed by atoms with Crippen molar-refractivity contribution in [2.75, 3.05) is 5.32 Å². The smallest absolute Gasteiger partial charge is 0.292 e. The molecule has 4 rings (SSSR count). The third kappa shape index (κ3) is 4.10. The molecule has 1 amide bonds. The van der Waals surface area contributed by atoms with Crippen molar-refractivity contribution >= 4 is 34.1 Å². The van der Waals surface area contributed by atoms with Crippen LogP contribution in [0.3, 0.4) is 0 Å². The first-order valence-corrected chi connectivity index (χ1v) is 8.68. The van der Waals surface area contributed by atoms with Gasteiger partial charge in [-0.3, -0.25) is 4.79 Å². The highest BCUT2D eigenvalue weighted by Crippen LogP contribution is 2.22. The lowest BCUT2D eigenvalue weighted by Crippen LogP contribution is -2.11. The summed E-state index contributed by atoms with van der Waals surface area (Å²) in [4.78, 5) is 16.2. The second-order valence-electron chi connectivity index (χ2n) is 5.88. The van der Waals surface area contributed by atoms with Crippen molar-refractivity contribution in [3.63, 3.8) is 0 Å². The molecule has 0 saturated carbocycles. The first-order valence-electron chi connectivity index (χ1n) is 8.30. The predicted molar refractivity (Wildman–Crippen MR) is 104 cm³/mol. The Kier molecular flexibility index (Phi) is 4.77. The van der Waals surface area contributed by atoms with Crippen molar-refractivity contribution in [1.82, 2.24) is 4.98 Å². The SMILES string of the molecule is O=C(Nc1ccc(Cl)cn1)c1ccc(COc2ccc3ccccc3c2)o1. The molecule has 0 aliphatic rings. The summed E-state index contributed by atoms with van der Waals surface area (Å²) in [5, 5.41) is 5.40. The maximum Gasteiger partial charge on any atom is 0.292 e. The summed E-state index contributed by atoms with van der Waals surface area (Å²) in [6.07, 6.45) is 1.46. The number of furan rings is 1. The van der Waals surface area contributed by atoms with E-state index in [0.29, 0.717) is 16.6 Å². The number of anilines is 1. The van der Waals surface area contributed by atoms with Crippen LogP contribution < -0.4 is 10.1 Å². The second-order valence-corrected chi connectivity index (χ2v) is 6.32. The Morgan fingerprint density at radius 2 is 1.89 bits per heavy atom. The summed E-state index contributed by atoms with van der Waals surface area (Å²) in [5.74, 6) is 1.49. The van der Waals surface area contributed by atoms with Crippen molar-refractivity contribution < 1.29 is 13.9 Å². The van der Waals surface area contributed by atoms with E-state index in [1.54, 1.807) is 24.3 Å². The van der Waals surface area contributed by atoms with Gasteiger partial charge in [0.25, 0.3) is 5.91 Å². The summed E-state index contributed by atoms with van der Waals surface area (Å²) < 4.78 is 11.3. The minimum absolute atomic E-state index is 0.184. The summed E-state index contributed by atoms with van der Waals surface area (Å²) in [6, 6.07) is 20.5. The van der Waals surface area contributed by atoms with E-state index < -0.39 is 0 Å². The summed E-state index contributed by atoms with van der Waals surface area (Å²) >= 11 is 5.78. The minimum Gasteiger partial charge on any atom is -0.486 e. The molecule has 0 aliphatic carbocycles. The van der Waals surface area contributed by atoms with Crippen LogP contribution in [0.2, 0.25) is 5.02 Å². The van der Waals surface area contributed by atoms with Gasteiger partial charge in [-0.1, -0.05) is 41.9 Å². The number of carbonyl (C=O) groups excluding carboxylic acids is 1. The fourth-order valence-electron chi connectivity index (χ4n) is 2.62. The molecule has 0 bridgehead atoms. The topological polar surface area (TPSA) is 64.4 Å². The van der Waals surface area contributed by atoms with Crippen LogP contribution in [0, 0.1) is 0 Å². The molecule has 0 fully saturated rings. The number of nitrogens with zero attached hydrogens (tertiary/aromatic N) is 1. The predicted octanol–water partition coefficient (Wildman–Crippen LogP) is 5.31. The van der Waals surface area contributed by atoms with Gasteiger partial charge in [0.2, 0.25) is 0 Å². The molecule has 0 unspecified atom stereocenters. The number of ether oxygens (including phenoxy) is 1. The monoisotopic (exact) mass is 378 g/mol. The van der Waals surface area contributed by atoms with Crippen LogP contribution in [0.4, 0.5) is 5.82 Å². The van der Waals surface area contributed by atoms with Gasteiger partial charge in [0.1, 0.15) is 23.9 Å². The average molecular weight is 379 g/mol. The standard InChI is InChI=1S/C21H15ClN2O3/c22-16-6-10-20(23-12-16)24-21(25)19-9-8-18(27-19)13-26-17-7-5-14-3-1-2-4-15(14)11-17/h1-12H,13H2,(H,23,24,25).